The molecule has 0 atom stereocenters. The van der Waals surface area contributed by atoms with Crippen LogP contribution >= 0.6 is 11.3 Å². The minimum atomic E-state index is 0.0396. The van der Waals surface area contributed by atoms with Crippen molar-refractivity contribution in [2.45, 2.75) is 6.92 Å². The van der Waals surface area contributed by atoms with Crippen LogP contribution in [-0.2, 0) is 0 Å². The lowest BCUT2D eigenvalue weighted by molar-refractivity contribution is -0.149. The van der Waals surface area contributed by atoms with Gasteiger partial charge in [0.05, 0.1) is 42.2 Å². The third kappa shape index (κ3) is 2.83. The monoisotopic (exact) mass is 365 g/mol. The van der Waals surface area contributed by atoms with Crippen LogP contribution in [0.25, 0.3) is 0 Å². The number of thiophene rings is 1. The predicted molar refractivity (Wildman–Crippen MR) is 107 cm³/mol. The van der Waals surface area contributed by atoms with Crippen LogP contribution in [0.15, 0.2) is 52.0 Å². The minimum absolute atomic E-state index is 0.0396. The van der Waals surface area contributed by atoms with Gasteiger partial charge in [-0.05, 0) is 29.5 Å². The lowest BCUT2D eigenvalue weighted by Gasteiger charge is -2.60. The number of aryl methyl sites for hydroxylation is 1. The molecule has 6 heteroatoms. The fourth-order valence-corrected chi connectivity index (χ4v) is 5.44. The van der Waals surface area contributed by atoms with Crippen molar-refractivity contribution in [1.29, 1.82) is 0 Å². The second-order valence-electron chi connectivity index (χ2n) is 7.72. The maximum absolute atomic E-state index is 4.81. The Kier molecular flexibility index (Phi) is 4.01. The molecule has 4 bridgehead atoms. The molecule has 0 saturated carbocycles. The Bertz CT molecular complexity index is 819. The molecule has 0 amide bonds. The van der Waals surface area contributed by atoms with Crippen molar-refractivity contribution in [3.05, 3.63) is 57.8 Å². The first-order chi connectivity index (χ1) is 12.7. The molecule has 0 unspecified atom stereocenters. The van der Waals surface area contributed by atoms with Crippen LogP contribution in [-0.4, -0.2) is 66.3 Å². The predicted octanol–water partition coefficient (Wildman–Crippen LogP) is 2.69. The Balaban J connectivity index is 1.54. The van der Waals surface area contributed by atoms with Crippen molar-refractivity contribution >= 4 is 23.3 Å². The summed E-state index contributed by atoms with van der Waals surface area (Å²) in [6, 6.07) is 12.7. The van der Waals surface area contributed by atoms with Gasteiger partial charge in [0.25, 0.3) is 0 Å². The van der Waals surface area contributed by atoms with Crippen LogP contribution in [0.4, 0.5) is 0 Å². The van der Waals surface area contributed by atoms with E-state index in [4.69, 9.17) is 5.10 Å². The first-order valence-corrected chi connectivity index (χ1v) is 9.98. The molecule has 4 aliphatic rings. The van der Waals surface area contributed by atoms with Crippen LogP contribution in [0.1, 0.15) is 16.0 Å². The highest BCUT2D eigenvalue weighted by Gasteiger charge is 2.51. The first-order valence-electron chi connectivity index (χ1n) is 9.10. The molecule has 5 heterocycles. The Morgan fingerprint density at radius 3 is 2.23 bits per heavy atom. The lowest BCUT2D eigenvalue weighted by Crippen LogP contribution is -2.74. The third-order valence-corrected chi connectivity index (χ3v) is 6.52. The highest BCUT2D eigenvalue weighted by molar-refractivity contribution is 7.11. The molecule has 0 N–H and O–H groups in total. The van der Waals surface area contributed by atoms with Gasteiger partial charge in [0.1, 0.15) is 0 Å². The first kappa shape index (κ1) is 16.3. The van der Waals surface area contributed by atoms with Gasteiger partial charge in [0.2, 0.25) is 0 Å². The molecule has 4 aliphatic heterocycles. The summed E-state index contributed by atoms with van der Waals surface area (Å²) in [7, 11) is 0. The summed E-state index contributed by atoms with van der Waals surface area (Å²) in [5, 5.41) is 11.4. The number of hydrogen-bond acceptors (Lipinski definition) is 6. The van der Waals surface area contributed by atoms with E-state index in [1.54, 1.807) is 11.3 Å². The van der Waals surface area contributed by atoms with Gasteiger partial charge in [-0.3, -0.25) is 14.7 Å². The normalized spacial score (nSPS) is 33.3. The molecular formula is C20H23N5S. The van der Waals surface area contributed by atoms with E-state index in [2.05, 4.69) is 68.5 Å². The average molecular weight is 366 g/mol. The van der Waals surface area contributed by atoms with Gasteiger partial charge < -0.3 is 0 Å². The van der Waals surface area contributed by atoms with Gasteiger partial charge in [-0.2, -0.15) is 10.2 Å². The number of nitrogens with zero attached hydrogens (tertiary/aromatic N) is 5. The fraction of sp³-hybridized carbons (Fsp3) is 0.400. The molecule has 26 heavy (non-hydrogen) atoms. The topological polar surface area (TPSA) is 34.4 Å². The molecule has 4 fully saturated rings. The minimum Gasteiger partial charge on any atom is -0.276 e. The highest BCUT2D eigenvalue weighted by Crippen LogP contribution is 2.38. The van der Waals surface area contributed by atoms with Gasteiger partial charge in [-0.25, -0.2) is 0 Å². The van der Waals surface area contributed by atoms with Crippen LogP contribution in [0, 0.1) is 12.3 Å². The zero-order valence-corrected chi connectivity index (χ0v) is 15.8. The second-order valence-corrected chi connectivity index (χ2v) is 8.67. The second kappa shape index (κ2) is 6.39. The molecule has 1 aromatic heterocycles. The van der Waals surface area contributed by atoms with Gasteiger partial charge in [-0.15, -0.1) is 11.3 Å². The van der Waals surface area contributed by atoms with Gasteiger partial charge >= 0.3 is 0 Å². The number of hydrogen-bond donors (Lipinski definition) is 0. The van der Waals surface area contributed by atoms with E-state index >= 15 is 0 Å². The average Bonchev–Trinajstić information content (AvgIpc) is 3.03. The number of benzene rings is 1. The third-order valence-electron chi connectivity index (χ3n) is 5.56. The van der Waals surface area contributed by atoms with E-state index in [1.165, 1.54) is 16.0 Å². The molecule has 0 radical (unpaired) electrons. The Hall–Kier alpha value is -1.86. The largest absolute Gasteiger partial charge is 0.276 e. The Morgan fingerprint density at radius 1 is 1.00 bits per heavy atom. The summed E-state index contributed by atoms with van der Waals surface area (Å²) in [5.41, 5.74) is 3.62. The van der Waals surface area contributed by atoms with Crippen molar-refractivity contribution in [2.24, 2.45) is 15.6 Å². The van der Waals surface area contributed by atoms with Crippen molar-refractivity contribution < 1.29 is 0 Å². The standard InChI is InChI=1S/C20H23N5S/c1-16-7-8-26-18(16)9-21-22-19(17-5-3-2-4-6-17)20-10-23-13-24(11-20)15-25(12-20)14-23/h2-9H,10-15H2,1H3/b21-9+,22-19-. The van der Waals surface area contributed by atoms with E-state index in [0.717, 1.165) is 45.4 Å². The molecule has 0 spiro atoms. The summed E-state index contributed by atoms with van der Waals surface area (Å²) in [4.78, 5) is 8.77. The molecule has 4 saturated heterocycles. The van der Waals surface area contributed by atoms with Crippen molar-refractivity contribution in [1.82, 2.24) is 14.7 Å². The van der Waals surface area contributed by atoms with Crippen molar-refractivity contribution in [3.63, 3.8) is 0 Å². The molecule has 2 aromatic rings. The van der Waals surface area contributed by atoms with Gasteiger partial charge in [0, 0.05) is 19.6 Å². The van der Waals surface area contributed by atoms with Crippen LogP contribution in [0.5, 0.6) is 0 Å². The van der Waals surface area contributed by atoms with E-state index in [9.17, 15) is 0 Å². The summed E-state index contributed by atoms with van der Waals surface area (Å²) < 4.78 is 0. The Labute approximate surface area is 158 Å². The van der Waals surface area contributed by atoms with Crippen LogP contribution in [0.3, 0.4) is 0 Å². The maximum Gasteiger partial charge on any atom is 0.0802 e. The fourth-order valence-electron chi connectivity index (χ4n) is 4.66. The van der Waals surface area contributed by atoms with E-state index in [1.807, 2.05) is 6.21 Å². The zero-order valence-electron chi connectivity index (χ0n) is 15.0. The highest BCUT2D eigenvalue weighted by atomic mass is 32.1. The van der Waals surface area contributed by atoms with E-state index in [0.29, 0.717) is 0 Å². The van der Waals surface area contributed by atoms with Crippen LogP contribution < -0.4 is 0 Å². The van der Waals surface area contributed by atoms with Gasteiger partial charge in [-0.1, -0.05) is 30.3 Å². The van der Waals surface area contributed by atoms with Crippen molar-refractivity contribution in [3.8, 4) is 0 Å². The number of rotatable bonds is 4. The maximum atomic E-state index is 4.81. The van der Waals surface area contributed by atoms with Crippen molar-refractivity contribution in [2.75, 3.05) is 39.6 Å². The summed E-state index contributed by atoms with van der Waals surface area (Å²) >= 11 is 1.71. The van der Waals surface area contributed by atoms with E-state index in [-0.39, 0.29) is 5.41 Å². The quantitative estimate of drug-likeness (QED) is 0.617. The molecule has 134 valence electrons. The summed E-state index contributed by atoms with van der Waals surface area (Å²) in [6.07, 6.45) is 1.91. The summed E-state index contributed by atoms with van der Waals surface area (Å²) in [5.74, 6) is 0. The van der Waals surface area contributed by atoms with Crippen LogP contribution in [0.2, 0.25) is 0 Å². The molecular weight excluding hydrogens is 342 g/mol. The Morgan fingerprint density at radius 2 is 1.65 bits per heavy atom. The molecule has 5 nitrogen and oxygen atoms in total. The van der Waals surface area contributed by atoms with Gasteiger partial charge in [0.15, 0.2) is 0 Å². The lowest BCUT2D eigenvalue weighted by atomic mass is 9.74. The molecule has 1 aromatic carbocycles. The zero-order chi connectivity index (χ0) is 17.6. The molecule has 6 rings (SSSR count). The van der Waals surface area contributed by atoms with E-state index < -0.39 is 0 Å². The smallest absolute Gasteiger partial charge is 0.0802 e. The summed E-state index contributed by atoms with van der Waals surface area (Å²) in [6.45, 7) is 8.57. The SMILES string of the molecule is Cc1ccsc1/C=N/N=C(/c1ccccc1)C12CN3CN(CN(C3)C1)C2. The molecule has 0 aliphatic carbocycles.